The molecule has 0 fully saturated rings. The fourth-order valence-corrected chi connectivity index (χ4v) is 0.539. The van der Waals surface area contributed by atoms with Gasteiger partial charge in [-0.3, -0.25) is 5.32 Å². The molecule has 3 N–H and O–H groups in total. The third-order valence-corrected chi connectivity index (χ3v) is 1.24. The second-order valence-electron chi connectivity index (χ2n) is 2.57. The van der Waals surface area contributed by atoms with Crippen molar-refractivity contribution in [3.8, 4) is 0 Å². The molecule has 0 rings (SSSR count). The predicted molar refractivity (Wildman–Crippen MR) is 40.3 cm³/mol. The molecule has 0 aliphatic carbocycles. The van der Waals surface area contributed by atoms with Crippen LogP contribution in [0.3, 0.4) is 0 Å². The summed E-state index contributed by atoms with van der Waals surface area (Å²) in [4.78, 5) is 0. The molecule has 0 aromatic rings. The Morgan fingerprint density at radius 2 is 2.20 bits per heavy atom. The molecule has 0 aromatic carbocycles. The van der Waals surface area contributed by atoms with E-state index in [1.54, 1.807) is 0 Å². The molecule has 3 heteroatoms. The molecule has 1 atom stereocenters. The lowest BCUT2D eigenvalue weighted by atomic mass is 10.2. The number of aliphatic hydroxyl groups is 2. The van der Waals surface area contributed by atoms with Crippen molar-refractivity contribution < 1.29 is 10.2 Å². The van der Waals surface area contributed by atoms with Crippen molar-refractivity contribution in [2.24, 2.45) is 0 Å². The summed E-state index contributed by atoms with van der Waals surface area (Å²) < 4.78 is 0. The summed E-state index contributed by atoms with van der Waals surface area (Å²) in [7, 11) is 0. The van der Waals surface area contributed by atoms with E-state index in [0.717, 1.165) is 12.8 Å². The van der Waals surface area contributed by atoms with Crippen molar-refractivity contribution in [3.63, 3.8) is 0 Å². The molecular formula is C7H16NO2. The van der Waals surface area contributed by atoms with Crippen molar-refractivity contribution in [1.29, 1.82) is 0 Å². The first-order chi connectivity index (χ1) is 4.62. The van der Waals surface area contributed by atoms with Crippen molar-refractivity contribution >= 4 is 0 Å². The zero-order valence-electron chi connectivity index (χ0n) is 6.43. The SMILES string of the molecule is [CH2]CCCNC(C)(O)CO. The fraction of sp³-hybridized carbons (Fsp3) is 0.857. The van der Waals surface area contributed by atoms with Crippen LogP contribution in [-0.4, -0.2) is 29.1 Å². The van der Waals surface area contributed by atoms with Gasteiger partial charge in [0.15, 0.2) is 0 Å². The summed E-state index contributed by atoms with van der Waals surface area (Å²) in [6.45, 7) is 5.62. The summed E-state index contributed by atoms with van der Waals surface area (Å²) in [6.07, 6.45) is 1.75. The van der Waals surface area contributed by atoms with E-state index in [0.29, 0.717) is 6.54 Å². The molecule has 1 unspecified atom stereocenters. The molecule has 10 heavy (non-hydrogen) atoms. The van der Waals surface area contributed by atoms with Crippen LogP contribution in [0.25, 0.3) is 0 Å². The highest BCUT2D eigenvalue weighted by Crippen LogP contribution is 1.95. The third kappa shape index (κ3) is 4.73. The van der Waals surface area contributed by atoms with E-state index < -0.39 is 5.72 Å². The predicted octanol–water partition coefficient (Wildman–Crippen LogP) is -0.109. The smallest absolute Gasteiger partial charge is 0.136 e. The van der Waals surface area contributed by atoms with E-state index in [1.165, 1.54) is 6.92 Å². The lowest BCUT2D eigenvalue weighted by molar-refractivity contribution is -0.0267. The average molecular weight is 146 g/mol. The van der Waals surface area contributed by atoms with E-state index in [1.807, 2.05) is 0 Å². The topological polar surface area (TPSA) is 52.5 Å². The summed E-state index contributed by atoms with van der Waals surface area (Å²) in [6, 6.07) is 0. The number of nitrogens with one attached hydrogen (secondary N) is 1. The monoisotopic (exact) mass is 146 g/mol. The molecule has 0 heterocycles. The van der Waals surface area contributed by atoms with Gasteiger partial charge in [-0.2, -0.15) is 0 Å². The van der Waals surface area contributed by atoms with E-state index in [9.17, 15) is 0 Å². The minimum atomic E-state index is -1.13. The molecular weight excluding hydrogens is 130 g/mol. The maximum Gasteiger partial charge on any atom is 0.136 e. The Labute approximate surface area is 62.1 Å². The molecule has 0 amide bonds. The lowest BCUT2D eigenvalue weighted by Crippen LogP contribution is -2.45. The maximum absolute atomic E-state index is 9.17. The lowest BCUT2D eigenvalue weighted by Gasteiger charge is -2.21. The first-order valence-electron chi connectivity index (χ1n) is 3.50. The molecule has 0 saturated heterocycles. The van der Waals surface area contributed by atoms with Crippen LogP contribution in [0.15, 0.2) is 0 Å². The van der Waals surface area contributed by atoms with Crippen LogP contribution < -0.4 is 5.32 Å². The van der Waals surface area contributed by atoms with Crippen molar-refractivity contribution in [1.82, 2.24) is 5.32 Å². The standard InChI is InChI=1S/C7H16NO2/c1-3-4-5-8-7(2,10)6-9/h8-10H,1,3-6H2,2H3. The van der Waals surface area contributed by atoms with Crippen LogP contribution in [0, 0.1) is 6.92 Å². The highest BCUT2D eigenvalue weighted by molar-refractivity contribution is 4.66. The molecule has 0 saturated carbocycles. The van der Waals surface area contributed by atoms with Crippen molar-refractivity contribution in [3.05, 3.63) is 6.92 Å². The van der Waals surface area contributed by atoms with Gasteiger partial charge in [-0.05, 0) is 19.9 Å². The number of hydrogen-bond acceptors (Lipinski definition) is 3. The highest BCUT2D eigenvalue weighted by atomic mass is 16.3. The second-order valence-corrected chi connectivity index (χ2v) is 2.57. The zero-order valence-corrected chi connectivity index (χ0v) is 6.43. The first-order valence-corrected chi connectivity index (χ1v) is 3.50. The van der Waals surface area contributed by atoms with Gasteiger partial charge in [0.1, 0.15) is 5.72 Å². The van der Waals surface area contributed by atoms with Gasteiger partial charge in [0.05, 0.1) is 6.61 Å². The normalized spacial score (nSPS) is 16.8. The molecule has 3 nitrogen and oxygen atoms in total. The Balaban J connectivity index is 3.28. The Kier molecular flexibility index (Phi) is 4.60. The maximum atomic E-state index is 9.17. The highest BCUT2D eigenvalue weighted by Gasteiger charge is 2.15. The quantitative estimate of drug-likeness (QED) is 0.375. The molecule has 0 spiro atoms. The molecule has 0 aliphatic rings. The Bertz CT molecular complexity index is 83.7. The first kappa shape index (κ1) is 9.88. The molecule has 1 radical (unpaired) electrons. The second kappa shape index (κ2) is 4.66. The Hall–Kier alpha value is -0.120. The number of hydrogen-bond donors (Lipinski definition) is 3. The van der Waals surface area contributed by atoms with Gasteiger partial charge in [0, 0.05) is 0 Å². The summed E-state index contributed by atoms with van der Waals surface area (Å²) in [5.74, 6) is 0. The van der Waals surface area contributed by atoms with Gasteiger partial charge in [0.2, 0.25) is 0 Å². The van der Waals surface area contributed by atoms with Crippen molar-refractivity contribution in [2.75, 3.05) is 13.2 Å². The number of unbranched alkanes of at least 4 members (excludes halogenated alkanes) is 1. The van der Waals surface area contributed by atoms with Gasteiger partial charge >= 0.3 is 0 Å². The minimum absolute atomic E-state index is 0.260. The Morgan fingerprint density at radius 1 is 1.60 bits per heavy atom. The average Bonchev–Trinajstić information content (AvgIpc) is 1.89. The zero-order chi connectivity index (χ0) is 8.04. The van der Waals surface area contributed by atoms with Crippen molar-refractivity contribution in [2.45, 2.75) is 25.5 Å². The van der Waals surface area contributed by atoms with Crippen LogP contribution in [0.1, 0.15) is 19.8 Å². The Morgan fingerprint density at radius 3 is 2.60 bits per heavy atom. The van der Waals surface area contributed by atoms with Gasteiger partial charge in [0.25, 0.3) is 0 Å². The number of rotatable bonds is 5. The summed E-state index contributed by atoms with van der Waals surface area (Å²) in [5.41, 5.74) is -1.13. The minimum Gasteiger partial charge on any atom is -0.392 e. The summed E-state index contributed by atoms with van der Waals surface area (Å²) >= 11 is 0. The van der Waals surface area contributed by atoms with Crippen LogP contribution in [0.5, 0.6) is 0 Å². The number of aliphatic hydroxyl groups excluding tert-OH is 1. The van der Waals surface area contributed by atoms with Crippen LogP contribution in [-0.2, 0) is 0 Å². The van der Waals surface area contributed by atoms with Gasteiger partial charge in [-0.15, -0.1) is 0 Å². The fourth-order valence-electron chi connectivity index (χ4n) is 0.539. The van der Waals surface area contributed by atoms with Gasteiger partial charge in [-0.1, -0.05) is 13.3 Å². The molecule has 0 bridgehead atoms. The van der Waals surface area contributed by atoms with E-state index in [-0.39, 0.29) is 6.61 Å². The molecule has 61 valence electrons. The van der Waals surface area contributed by atoms with Crippen LogP contribution in [0.4, 0.5) is 0 Å². The van der Waals surface area contributed by atoms with Gasteiger partial charge in [-0.25, -0.2) is 0 Å². The van der Waals surface area contributed by atoms with Gasteiger partial charge < -0.3 is 10.2 Å². The van der Waals surface area contributed by atoms with Crippen LogP contribution in [0.2, 0.25) is 0 Å². The third-order valence-electron chi connectivity index (χ3n) is 1.24. The summed E-state index contributed by atoms with van der Waals surface area (Å²) in [5, 5.41) is 20.5. The van der Waals surface area contributed by atoms with E-state index >= 15 is 0 Å². The molecule has 0 aliphatic heterocycles. The van der Waals surface area contributed by atoms with E-state index in [2.05, 4.69) is 12.2 Å². The largest absolute Gasteiger partial charge is 0.392 e. The molecule has 0 aromatic heterocycles. The van der Waals surface area contributed by atoms with Crippen LogP contribution >= 0.6 is 0 Å². The van der Waals surface area contributed by atoms with E-state index in [4.69, 9.17) is 10.2 Å².